The summed E-state index contributed by atoms with van der Waals surface area (Å²) in [4.78, 5) is 12.7. The van der Waals surface area contributed by atoms with E-state index in [-0.39, 0.29) is 11.4 Å². The van der Waals surface area contributed by atoms with Crippen LogP contribution in [0.4, 0.5) is 20.2 Å². The predicted molar refractivity (Wildman–Crippen MR) is 81.3 cm³/mol. The van der Waals surface area contributed by atoms with Crippen molar-refractivity contribution >= 4 is 29.0 Å². The Bertz CT molecular complexity index is 677. The summed E-state index contributed by atoms with van der Waals surface area (Å²) in [6.07, 6.45) is 0. The van der Waals surface area contributed by atoms with Gasteiger partial charge in [0.15, 0.2) is 0 Å². The quantitative estimate of drug-likeness (QED) is 0.670. The van der Waals surface area contributed by atoms with Gasteiger partial charge in [0.1, 0.15) is 11.6 Å². The largest absolute Gasteiger partial charge is 0.399 e. The molecule has 0 aliphatic rings. The van der Waals surface area contributed by atoms with E-state index < -0.39 is 17.5 Å². The summed E-state index contributed by atoms with van der Waals surface area (Å²) < 4.78 is 26.4. The highest BCUT2D eigenvalue weighted by Gasteiger charge is 2.09. The number of nitrogen functional groups attached to an aromatic ring is 1. The second-order valence-corrected chi connectivity index (χ2v) is 5.50. The van der Waals surface area contributed by atoms with Gasteiger partial charge in [0.05, 0.1) is 11.4 Å². The van der Waals surface area contributed by atoms with Crippen LogP contribution in [0.15, 0.2) is 41.3 Å². The zero-order chi connectivity index (χ0) is 15.4. The molecule has 3 nitrogen and oxygen atoms in total. The SMILES string of the molecule is Cc1ccc(N)cc1SCC(=O)Nc1cc(F)ccc1F. The van der Waals surface area contributed by atoms with Gasteiger partial charge in [0.2, 0.25) is 5.91 Å². The van der Waals surface area contributed by atoms with Gasteiger partial charge in [0, 0.05) is 16.6 Å². The molecule has 110 valence electrons. The van der Waals surface area contributed by atoms with Crippen LogP contribution in [-0.4, -0.2) is 11.7 Å². The highest BCUT2D eigenvalue weighted by Crippen LogP contribution is 2.25. The first kappa shape index (κ1) is 15.3. The minimum atomic E-state index is -0.671. The van der Waals surface area contributed by atoms with Gasteiger partial charge in [0.25, 0.3) is 0 Å². The lowest BCUT2D eigenvalue weighted by Gasteiger charge is -2.08. The molecule has 0 saturated heterocycles. The summed E-state index contributed by atoms with van der Waals surface area (Å²) in [5, 5.41) is 2.35. The van der Waals surface area contributed by atoms with Crippen molar-refractivity contribution in [3.63, 3.8) is 0 Å². The van der Waals surface area contributed by atoms with Crippen LogP contribution in [0.1, 0.15) is 5.56 Å². The molecular formula is C15H14F2N2OS. The number of hydrogen-bond acceptors (Lipinski definition) is 3. The lowest BCUT2D eigenvalue weighted by atomic mass is 10.2. The zero-order valence-electron chi connectivity index (χ0n) is 11.3. The Balaban J connectivity index is 1.99. The molecule has 0 bridgehead atoms. The molecule has 0 heterocycles. The highest BCUT2D eigenvalue weighted by atomic mass is 32.2. The molecule has 0 aliphatic carbocycles. The highest BCUT2D eigenvalue weighted by molar-refractivity contribution is 8.00. The molecule has 0 spiro atoms. The van der Waals surface area contributed by atoms with Gasteiger partial charge in [-0.15, -0.1) is 11.8 Å². The number of carbonyl (C=O) groups is 1. The van der Waals surface area contributed by atoms with Crippen molar-refractivity contribution in [1.29, 1.82) is 0 Å². The molecule has 2 aromatic rings. The minimum absolute atomic E-state index is 0.0836. The van der Waals surface area contributed by atoms with E-state index in [1.165, 1.54) is 11.8 Å². The molecule has 0 aromatic heterocycles. The first-order valence-corrected chi connectivity index (χ1v) is 7.18. The normalized spacial score (nSPS) is 10.4. The Morgan fingerprint density at radius 1 is 1.24 bits per heavy atom. The number of thioether (sulfide) groups is 1. The van der Waals surface area contributed by atoms with E-state index in [4.69, 9.17) is 5.73 Å². The van der Waals surface area contributed by atoms with E-state index in [9.17, 15) is 13.6 Å². The van der Waals surface area contributed by atoms with Crippen molar-refractivity contribution in [1.82, 2.24) is 0 Å². The Kier molecular flexibility index (Phi) is 4.80. The monoisotopic (exact) mass is 308 g/mol. The number of amides is 1. The second kappa shape index (κ2) is 6.58. The standard InChI is InChI=1S/C15H14F2N2OS/c1-9-2-4-11(18)7-14(9)21-8-15(20)19-13-6-10(16)3-5-12(13)17/h2-7H,8,18H2,1H3,(H,19,20). The number of nitrogens with two attached hydrogens (primary N) is 1. The van der Waals surface area contributed by atoms with Crippen molar-refractivity contribution in [3.05, 3.63) is 53.6 Å². The van der Waals surface area contributed by atoms with Crippen LogP contribution in [0.3, 0.4) is 0 Å². The minimum Gasteiger partial charge on any atom is -0.399 e. The number of halogens is 2. The zero-order valence-corrected chi connectivity index (χ0v) is 12.1. The first-order chi connectivity index (χ1) is 9.95. The number of rotatable bonds is 4. The molecule has 2 rings (SSSR count). The van der Waals surface area contributed by atoms with Crippen molar-refractivity contribution in [2.24, 2.45) is 0 Å². The van der Waals surface area contributed by atoms with Crippen LogP contribution >= 0.6 is 11.8 Å². The third kappa shape index (κ3) is 4.19. The maximum atomic E-state index is 13.4. The molecule has 0 aliphatic heterocycles. The van der Waals surface area contributed by atoms with Crippen LogP contribution in [0, 0.1) is 18.6 Å². The molecule has 21 heavy (non-hydrogen) atoms. The van der Waals surface area contributed by atoms with Gasteiger partial charge in [-0.3, -0.25) is 4.79 Å². The van der Waals surface area contributed by atoms with E-state index in [2.05, 4.69) is 5.32 Å². The molecular weight excluding hydrogens is 294 g/mol. The third-order valence-corrected chi connectivity index (χ3v) is 3.93. The molecule has 0 fully saturated rings. The number of anilines is 2. The van der Waals surface area contributed by atoms with Crippen LogP contribution in [0.2, 0.25) is 0 Å². The number of benzene rings is 2. The predicted octanol–water partition coefficient (Wildman–Crippen LogP) is 3.59. The Morgan fingerprint density at radius 3 is 2.76 bits per heavy atom. The summed E-state index contributed by atoms with van der Waals surface area (Å²) in [5.74, 6) is -1.60. The lowest BCUT2D eigenvalue weighted by molar-refractivity contribution is -0.113. The van der Waals surface area contributed by atoms with Gasteiger partial charge in [-0.25, -0.2) is 8.78 Å². The lowest BCUT2D eigenvalue weighted by Crippen LogP contribution is -2.15. The average molecular weight is 308 g/mol. The molecule has 0 atom stereocenters. The third-order valence-electron chi connectivity index (χ3n) is 2.77. The van der Waals surface area contributed by atoms with Gasteiger partial charge in [-0.05, 0) is 36.8 Å². The first-order valence-electron chi connectivity index (χ1n) is 6.19. The maximum Gasteiger partial charge on any atom is 0.234 e. The Hall–Kier alpha value is -2.08. The maximum absolute atomic E-state index is 13.4. The van der Waals surface area contributed by atoms with Gasteiger partial charge in [-0.1, -0.05) is 6.07 Å². The van der Waals surface area contributed by atoms with E-state index in [0.717, 1.165) is 28.7 Å². The summed E-state index contributed by atoms with van der Waals surface area (Å²) in [6, 6.07) is 8.33. The summed E-state index contributed by atoms with van der Waals surface area (Å²) in [7, 11) is 0. The second-order valence-electron chi connectivity index (χ2n) is 4.49. The van der Waals surface area contributed by atoms with Gasteiger partial charge >= 0.3 is 0 Å². The molecule has 0 unspecified atom stereocenters. The van der Waals surface area contributed by atoms with Gasteiger partial charge < -0.3 is 11.1 Å². The van der Waals surface area contributed by atoms with Crippen LogP contribution in [0.5, 0.6) is 0 Å². The summed E-state index contributed by atoms with van der Waals surface area (Å²) >= 11 is 1.29. The fourth-order valence-corrected chi connectivity index (χ4v) is 2.57. The van der Waals surface area contributed by atoms with E-state index in [1.807, 2.05) is 13.0 Å². The molecule has 3 N–H and O–H groups in total. The van der Waals surface area contributed by atoms with Crippen molar-refractivity contribution in [3.8, 4) is 0 Å². The Labute approximate surface area is 125 Å². The smallest absolute Gasteiger partial charge is 0.234 e. The van der Waals surface area contributed by atoms with E-state index >= 15 is 0 Å². The Morgan fingerprint density at radius 2 is 2.00 bits per heavy atom. The van der Waals surface area contributed by atoms with Crippen molar-refractivity contribution in [2.75, 3.05) is 16.8 Å². The number of carbonyl (C=O) groups excluding carboxylic acids is 1. The summed E-state index contributed by atoms with van der Waals surface area (Å²) in [5.41, 5.74) is 7.14. The molecule has 1 amide bonds. The topological polar surface area (TPSA) is 55.1 Å². The molecule has 0 radical (unpaired) electrons. The summed E-state index contributed by atoms with van der Waals surface area (Å²) in [6.45, 7) is 1.91. The van der Waals surface area contributed by atoms with Crippen LogP contribution in [-0.2, 0) is 4.79 Å². The number of nitrogens with one attached hydrogen (secondary N) is 1. The van der Waals surface area contributed by atoms with Crippen LogP contribution in [0.25, 0.3) is 0 Å². The van der Waals surface area contributed by atoms with E-state index in [0.29, 0.717) is 5.69 Å². The van der Waals surface area contributed by atoms with Crippen LogP contribution < -0.4 is 11.1 Å². The molecule has 2 aromatic carbocycles. The van der Waals surface area contributed by atoms with Crippen molar-refractivity contribution in [2.45, 2.75) is 11.8 Å². The number of hydrogen-bond donors (Lipinski definition) is 2. The van der Waals surface area contributed by atoms with Crippen molar-refractivity contribution < 1.29 is 13.6 Å². The van der Waals surface area contributed by atoms with Gasteiger partial charge in [-0.2, -0.15) is 0 Å². The van der Waals surface area contributed by atoms with E-state index in [1.54, 1.807) is 12.1 Å². The number of aryl methyl sites for hydroxylation is 1. The fourth-order valence-electron chi connectivity index (χ4n) is 1.70. The molecule has 6 heteroatoms. The fraction of sp³-hybridized carbons (Fsp3) is 0.133. The molecule has 0 saturated carbocycles. The average Bonchev–Trinajstić information content (AvgIpc) is 2.44.